The third-order valence-electron chi connectivity index (χ3n) is 5.02. The Morgan fingerprint density at radius 1 is 1.10 bits per heavy atom. The fourth-order valence-corrected chi connectivity index (χ4v) is 4.05. The van der Waals surface area contributed by atoms with E-state index in [2.05, 4.69) is 52.1 Å². The summed E-state index contributed by atoms with van der Waals surface area (Å²) in [6, 6.07) is 5.41. The lowest BCUT2D eigenvalue weighted by molar-refractivity contribution is 0.214. The van der Waals surface area contributed by atoms with Gasteiger partial charge in [-0.25, -0.2) is 0 Å². The molecule has 0 spiro atoms. The summed E-state index contributed by atoms with van der Waals surface area (Å²) in [5.74, 6) is 1.69. The highest BCUT2D eigenvalue weighted by molar-refractivity contribution is 5.37. The second kappa shape index (κ2) is 6.76. The Morgan fingerprint density at radius 2 is 1.75 bits per heavy atom. The second-order valence-corrected chi connectivity index (χ2v) is 6.92. The first-order chi connectivity index (χ1) is 9.51. The second-order valence-electron chi connectivity index (χ2n) is 6.92. The summed E-state index contributed by atoms with van der Waals surface area (Å²) in [5, 5.41) is 3.73. The van der Waals surface area contributed by atoms with Crippen LogP contribution in [0.5, 0.6) is 0 Å². The largest absolute Gasteiger partial charge is 0.314 e. The Hall–Kier alpha value is -0.820. The van der Waals surface area contributed by atoms with E-state index >= 15 is 0 Å². The van der Waals surface area contributed by atoms with E-state index in [1.54, 1.807) is 5.56 Å². The molecule has 0 aliphatic heterocycles. The lowest BCUT2D eigenvalue weighted by atomic mass is 9.75. The highest BCUT2D eigenvalue weighted by Crippen LogP contribution is 2.33. The first-order valence-corrected chi connectivity index (χ1v) is 8.31. The predicted molar refractivity (Wildman–Crippen MR) is 88.3 cm³/mol. The lowest BCUT2D eigenvalue weighted by Crippen LogP contribution is -2.41. The van der Waals surface area contributed by atoms with Crippen LogP contribution in [-0.4, -0.2) is 12.6 Å². The predicted octanol–water partition coefficient (Wildman–Crippen LogP) is 4.57. The van der Waals surface area contributed by atoms with E-state index in [4.69, 9.17) is 0 Å². The summed E-state index contributed by atoms with van der Waals surface area (Å²) < 4.78 is 0. The van der Waals surface area contributed by atoms with Gasteiger partial charge in [0.1, 0.15) is 0 Å². The van der Waals surface area contributed by atoms with Crippen molar-refractivity contribution in [3.8, 4) is 0 Å². The van der Waals surface area contributed by atoms with Crippen molar-refractivity contribution >= 4 is 0 Å². The molecule has 3 unspecified atom stereocenters. The van der Waals surface area contributed by atoms with Gasteiger partial charge in [0, 0.05) is 6.04 Å². The van der Waals surface area contributed by atoms with Crippen LogP contribution in [0.3, 0.4) is 0 Å². The van der Waals surface area contributed by atoms with Gasteiger partial charge in [0.25, 0.3) is 0 Å². The van der Waals surface area contributed by atoms with Crippen molar-refractivity contribution in [3.63, 3.8) is 0 Å². The molecule has 1 aliphatic carbocycles. The maximum absolute atomic E-state index is 3.73. The van der Waals surface area contributed by atoms with E-state index in [0.717, 1.165) is 24.4 Å². The van der Waals surface area contributed by atoms with Gasteiger partial charge < -0.3 is 5.32 Å². The van der Waals surface area contributed by atoms with Gasteiger partial charge in [0.05, 0.1) is 0 Å². The minimum absolute atomic E-state index is 0.719. The normalized spacial score (nSPS) is 26.8. The maximum Gasteiger partial charge on any atom is 0.00985 e. The molecule has 1 aromatic rings. The molecule has 20 heavy (non-hydrogen) atoms. The Labute approximate surface area is 125 Å². The molecule has 1 saturated carbocycles. The molecule has 1 fully saturated rings. The molecule has 0 bridgehead atoms. The van der Waals surface area contributed by atoms with Crippen LogP contribution in [0.2, 0.25) is 0 Å². The average Bonchev–Trinajstić information content (AvgIpc) is 2.37. The molecular weight excluding hydrogens is 242 g/mol. The van der Waals surface area contributed by atoms with Crippen molar-refractivity contribution in [3.05, 3.63) is 34.4 Å². The number of rotatable bonds is 4. The zero-order valence-corrected chi connectivity index (χ0v) is 13.9. The molecule has 0 saturated heterocycles. The SMILES string of the molecule is CCNC1CCC(C)CC1Cc1c(C)cc(C)cc1C. The molecule has 1 nitrogen and oxygen atoms in total. The van der Waals surface area contributed by atoms with Gasteiger partial charge in [-0.05, 0) is 81.5 Å². The van der Waals surface area contributed by atoms with Crippen LogP contribution < -0.4 is 5.32 Å². The molecule has 0 aromatic heterocycles. The van der Waals surface area contributed by atoms with Crippen molar-refractivity contribution in [1.82, 2.24) is 5.32 Å². The molecule has 2 rings (SSSR count). The zero-order valence-electron chi connectivity index (χ0n) is 13.9. The summed E-state index contributed by atoms with van der Waals surface area (Å²) in [4.78, 5) is 0. The molecule has 0 radical (unpaired) electrons. The van der Waals surface area contributed by atoms with Gasteiger partial charge >= 0.3 is 0 Å². The van der Waals surface area contributed by atoms with E-state index in [-0.39, 0.29) is 0 Å². The van der Waals surface area contributed by atoms with Crippen molar-refractivity contribution in [2.75, 3.05) is 6.54 Å². The average molecular weight is 273 g/mol. The van der Waals surface area contributed by atoms with E-state index in [0.29, 0.717) is 0 Å². The van der Waals surface area contributed by atoms with Crippen LogP contribution >= 0.6 is 0 Å². The fourth-order valence-electron chi connectivity index (χ4n) is 4.05. The molecule has 1 aromatic carbocycles. The van der Waals surface area contributed by atoms with E-state index in [9.17, 15) is 0 Å². The fraction of sp³-hybridized carbons (Fsp3) is 0.684. The number of aryl methyl sites for hydroxylation is 3. The summed E-state index contributed by atoms with van der Waals surface area (Å²) in [7, 11) is 0. The third-order valence-corrected chi connectivity index (χ3v) is 5.02. The summed E-state index contributed by atoms with van der Waals surface area (Å²) in [6.45, 7) is 12.5. The van der Waals surface area contributed by atoms with Crippen molar-refractivity contribution < 1.29 is 0 Å². The Bertz CT molecular complexity index is 426. The van der Waals surface area contributed by atoms with Crippen LogP contribution in [0.15, 0.2) is 12.1 Å². The highest BCUT2D eigenvalue weighted by Gasteiger charge is 2.28. The van der Waals surface area contributed by atoms with Crippen LogP contribution in [0.1, 0.15) is 55.4 Å². The van der Waals surface area contributed by atoms with Gasteiger partial charge in [0.15, 0.2) is 0 Å². The summed E-state index contributed by atoms with van der Waals surface area (Å²) in [5.41, 5.74) is 5.95. The lowest BCUT2D eigenvalue weighted by Gasteiger charge is -2.36. The van der Waals surface area contributed by atoms with Gasteiger partial charge in [0.2, 0.25) is 0 Å². The minimum atomic E-state index is 0.719. The Morgan fingerprint density at radius 3 is 2.35 bits per heavy atom. The molecule has 1 N–H and O–H groups in total. The van der Waals surface area contributed by atoms with Crippen molar-refractivity contribution in [2.45, 2.75) is 66.3 Å². The van der Waals surface area contributed by atoms with Gasteiger partial charge in [-0.1, -0.05) is 31.5 Å². The number of hydrogen-bond acceptors (Lipinski definition) is 1. The van der Waals surface area contributed by atoms with Gasteiger partial charge in [-0.3, -0.25) is 0 Å². The number of nitrogens with one attached hydrogen (secondary N) is 1. The quantitative estimate of drug-likeness (QED) is 0.847. The van der Waals surface area contributed by atoms with Crippen LogP contribution in [0, 0.1) is 32.6 Å². The topological polar surface area (TPSA) is 12.0 Å². The molecule has 3 atom stereocenters. The van der Waals surface area contributed by atoms with Crippen LogP contribution in [-0.2, 0) is 6.42 Å². The van der Waals surface area contributed by atoms with Gasteiger partial charge in [-0.2, -0.15) is 0 Å². The highest BCUT2D eigenvalue weighted by atomic mass is 14.9. The summed E-state index contributed by atoms with van der Waals surface area (Å²) in [6.07, 6.45) is 5.37. The number of benzene rings is 1. The molecule has 1 aliphatic rings. The van der Waals surface area contributed by atoms with E-state index < -0.39 is 0 Å². The van der Waals surface area contributed by atoms with Crippen LogP contribution in [0.4, 0.5) is 0 Å². The van der Waals surface area contributed by atoms with E-state index in [1.165, 1.54) is 42.4 Å². The standard InChI is InChI=1S/C19H31N/c1-6-20-19-8-7-13(2)11-17(19)12-18-15(4)9-14(3)10-16(18)5/h9-10,13,17,19-20H,6-8,11-12H2,1-5H3. The molecule has 112 valence electrons. The first kappa shape index (κ1) is 15.6. The Balaban J connectivity index is 2.17. The Kier molecular flexibility index (Phi) is 5.26. The zero-order chi connectivity index (χ0) is 14.7. The van der Waals surface area contributed by atoms with Crippen LogP contribution in [0.25, 0.3) is 0 Å². The van der Waals surface area contributed by atoms with Crippen molar-refractivity contribution in [2.24, 2.45) is 11.8 Å². The molecule has 0 amide bonds. The van der Waals surface area contributed by atoms with E-state index in [1.807, 2.05) is 0 Å². The number of hydrogen-bond donors (Lipinski definition) is 1. The summed E-state index contributed by atoms with van der Waals surface area (Å²) >= 11 is 0. The first-order valence-electron chi connectivity index (χ1n) is 8.31. The maximum atomic E-state index is 3.73. The minimum Gasteiger partial charge on any atom is -0.314 e. The smallest absolute Gasteiger partial charge is 0.00985 e. The van der Waals surface area contributed by atoms with Crippen molar-refractivity contribution in [1.29, 1.82) is 0 Å². The molecule has 0 heterocycles. The monoisotopic (exact) mass is 273 g/mol. The van der Waals surface area contributed by atoms with Gasteiger partial charge in [-0.15, -0.1) is 0 Å². The molecular formula is C19H31N. The third kappa shape index (κ3) is 3.63. The molecule has 1 heteroatoms.